The quantitative estimate of drug-likeness (QED) is 0.227. The molecule has 1 aromatic heterocycles. The second-order valence-corrected chi connectivity index (χ2v) is 7.18. The van der Waals surface area contributed by atoms with Crippen molar-refractivity contribution in [2.75, 3.05) is 20.7 Å². The van der Waals surface area contributed by atoms with Crippen LogP contribution in [-0.4, -0.2) is 42.8 Å². The molecule has 0 radical (unpaired) electrons. The Morgan fingerprint density at radius 3 is 2.62 bits per heavy atom. The smallest absolute Gasteiger partial charge is 0.226 e. The Bertz CT molecular complexity index is 742. The molecule has 3 rings (SSSR count). The van der Waals surface area contributed by atoms with E-state index in [1.807, 2.05) is 31.3 Å². The van der Waals surface area contributed by atoms with Crippen molar-refractivity contribution in [3.05, 3.63) is 30.2 Å². The first kappa shape index (κ1) is 23.4. The van der Waals surface area contributed by atoms with E-state index in [-0.39, 0.29) is 24.0 Å². The van der Waals surface area contributed by atoms with Crippen LogP contribution in [0, 0.1) is 0 Å². The van der Waals surface area contributed by atoms with Gasteiger partial charge in [0.25, 0.3) is 0 Å². The molecular formula is C21H32IN5O2. The Morgan fingerprint density at radius 2 is 1.93 bits per heavy atom. The molecule has 0 unspecified atom stereocenters. The molecule has 7 nitrogen and oxygen atoms in total. The van der Waals surface area contributed by atoms with E-state index < -0.39 is 0 Å². The van der Waals surface area contributed by atoms with Crippen LogP contribution in [0.4, 0.5) is 0 Å². The number of nitrogens with zero attached hydrogens (tertiary/aromatic N) is 3. The molecule has 1 heterocycles. The van der Waals surface area contributed by atoms with Gasteiger partial charge in [-0.2, -0.15) is 4.98 Å². The lowest BCUT2D eigenvalue weighted by molar-refractivity contribution is 0.374. The lowest BCUT2D eigenvalue weighted by Gasteiger charge is -2.16. The van der Waals surface area contributed by atoms with Gasteiger partial charge in [-0.25, -0.2) is 0 Å². The summed E-state index contributed by atoms with van der Waals surface area (Å²) in [5.41, 5.74) is 0.932. The molecule has 160 valence electrons. The summed E-state index contributed by atoms with van der Waals surface area (Å²) in [5.74, 6) is 3.06. The topological polar surface area (TPSA) is 84.6 Å². The van der Waals surface area contributed by atoms with E-state index in [1.165, 1.54) is 25.7 Å². The van der Waals surface area contributed by atoms with Crippen LogP contribution in [0.1, 0.15) is 50.8 Å². The van der Waals surface area contributed by atoms with E-state index in [4.69, 9.17) is 9.26 Å². The first-order valence-corrected chi connectivity index (χ1v) is 10.2. The number of aliphatic imine (C=N–C) groups is 1. The zero-order valence-corrected chi connectivity index (χ0v) is 19.6. The van der Waals surface area contributed by atoms with Gasteiger partial charge < -0.3 is 19.9 Å². The molecule has 1 saturated carbocycles. The summed E-state index contributed by atoms with van der Waals surface area (Å²) in [6.07, 6.45) is 9.18. The lowest BCUT2D eigenvalue weighted by Crippen LogP contribution is -2.42. The summed E-state index contributed by atoms with van der Waals surface area (Å²) in [5, 5.41) is 11.0. The number of hydrogen-bond acceptors (Lipinski definition) is 5. The highest BCUT2D eigenvalue weighted by Gasteiger charge is 2.15. The lowest BCUT2D eigenvalue weighted by atomic mass is 10.2. The molecule has 0 saturated heterocycles. The molecule has 0 spiro atoms. The van der Waals surface area contributed by atoms with Crippen molar-refractivity contribution in [3.63, 3.8) is 0 Å². The number of benzene rings is 1. The minimum Gasteiger partial charge on any atom is -0.497 e. The van der Waals surface area contributed by atoms with Gasteiger partial charge in [0, 0.05) is 31.6 Å². The Morgan fingerprint density at radius 1 is 1.17 bits per heavy atom. The van der Waals surface area contributed by atoms with Gasteiger partial charge in [0.1, 0.15) is 5.75 Å². The first-order chi connectivity index (χ1) is 13.8. The van der Waals surface area contributed by atoms with Gasteiger partial charge >= 0.3 is 0 Å². The molecule has 1 fully saturated rings. The van der Waals surface area contributed by atoms with E-state index in [1.54, 1.807) is 7.11 Å². The van der Waals surface area contributed by atoms with Gasteiger partial charge in [-0.05, 0) is 49.9 Å². The Balaban J connectivity index is 0.00000300. The van der Waals surface area contributed by atoms with Crippen molar-refractivity contribution in [1.82, 2.24) is 20.8 Å². The second-order valence-electron chi connectivity index (χ2n) is 7.18. The van der Waals surface area contributed by atoms with Crippen molar-refractivity contribution in [2.24, 2.45) is 4.99 Å². The molecule has 0 bridgehead atoms. The predicted octanol–water partition coefficient (Wildman–Crippen LogP) is 4.18. The molecule has 8 heteroatoms. The molecule has 1 aliphatic rings. The number of aryl methyl sites for hydroxylation is 1. The summed E-state index contributed by atoms with van der Waals surface area (Å²) in [6, 6.07) is 8.25. The van der Waals surface area contributed by atoms with Crippen LogP contribution in [0.2, 0.25) is 0 Å². The predicted molar refractivity (Wildman–Crippen MR) is 126 cm³/mol. The second kappa shape index (κ2) is 12.7. The minimum absolute atomic E-state index is 0. The van der Waals surface area contributed by atoms with E-state index in [0.717, 1.165) is 49.5 Å². The maximum Gasteiger partial charge on any atom is 0.226 e. The van der Waals surface area contributed by atoms with Crippen LogP contribution in [0.5, 0.6) is 5.75 Å². The Kier molecular flexibility index (Phi) is 10.2. The Hall–Kier alpha value is -1.84. The van der Waals surface area contributed by atoms with Crippen LogP contribution in [0.25, 0.3) is 11.4 Å². The van der Waals surface area contributed by atoms with E-state index in [0.29, 0.717) is 17.8 Å². The standard InChI is InChI=1S/C21H31N5O2.HI/c1-22-21(24-17-8-5-6-9-17)23-15-7-3-4-10-19-25-20(26-28-19)16-11-13-18(27-2)14-12-16;/h11-14,17H,3-10,15H2,1-2H3,(H2,22,23,24);1H. The molecule has 2 N–H and O–H groups in total. The number of methoxy groups -OCH3 is 1. The van der Waals surface area contributed by atoms with E-state index >= 15 is 0 Å². The van der Waals surface area contributed by atoms with Crippen LogP contribution in [0.3, 0.4) is 0 Å². The highest BCUT2D eigenvalue weighted by Crippen LogP contribution is 2.20. The van der Waals surface area contributed by atoms with Crippen molar-refractivity contribution in [2.45, 2.75) is 57.4 Å². The van der Waals surface area contributed by atoms with Gasteiger partial charge in [0.15, 0.2) is 5.96 Å². The molecular weight excluding hydrogens is 481 g/mol. The highest BCUT2D eigenvalue weighted by molar-refractivity contribution is 14.0. The summed E-state index contributed by atoms with van der Waals surface area (Å²) in [6.45, 7) is 0.924. The van der Waals surface area contributed by atoms with Crippen LogP contribution in [0.15, 0.2) is 33.8 Å². The van der Waals surface area contributed by atoms with E-state index in [9.17, 15) is 0 Å². The molecule has 0 atom stereocenters. The van der Waals surface area contributed by atoms with Gasteiger partial charge in [-0.1, -0.05) is 24.4 Å². The third-order valence-electron chi connectivity index (χ3n) is 5.10. The van der Waals surface area contributed by atoms with Crippen LogP contribution >= 0.6 is 24.0 Å². The molecule has 2 aromatic rings. The average Bonchev–Trinajstić information content (AvgIpc) is 3.42. The largest absolute Gasteiger partial charge is 0.497 e. The summed E-state index contributed by atoms with van der Waals surface area (Å²) < 4.78 is 10.5. The number of nitrogens with one attached hydrogen (secondary N) is 2. The van der Waals surface area contributed by atoms with Crippen molar-refractivity contribution >= 4 is 29.9 Å². The molecule has 29 heavy (non-hydrogen) atoms. The van der Waals surface area contributed by atoms with Crippen LogP contribution < -0.4 is 15.4 Å². The molecule has 1 aliphatic carbocycles. The zero-order valence-electron chi connectivity index (χ0n) is 17.3. The highest BCUT2D eigenvalue weighted by atomic mass is 127. The van der Waals surface area contributed by atoms with Crippen molar-refractivity contribution in [1.29, 1.82) is 0 Å². The fourth-order valence-corrected chi connectivity index (χ4v) is 3.46. The van der Waals surface area contributed by atoms with Crippen LogP contribution in [-0.2, 0) is 6.42 Å². The first-order valence-electron chi connectivity index (χ1n) is 10.2. The minimum atomic E-state index is 0. The van der Waals surface area contributed by atoms with Crippen molar-refractivity contribution < 1.29 is 9.26 Å². The van der Waals surface area contributed by atoms with Gasteiger partial charge in [0.05, 0.1) is 7.11 Å². The molecule has 1 aromatic carbocycles. The summed E-state index contributed by atoms with van der Waals surface area (Å²) in [7, 11) is 3.49. The third kappa shape index (κ3) is 7.49. The number of halogens is 1. The number of ether oxygens (including phenoxy) is 1. The number of aromatic nitrogens is 2. The SMILES string of the molecule is CN=C(NCCCCCc1nc(-c2ccc(OC)cc2)no1)NC1CCCC1.I. The number of unbranched alkanes of at least 4 members (excludes halogenated alkanes) is 2. The summed E-state index contributed by atoms with van der Waals surface area (Å²) >= 11 is 0. The van der Waals surface area contributed by atoms with Gasteiger partial charge in [-0.15, -0.1) is 24.0 Å². The maximum atomic E-state index is 5.38. The normalized spacial score (nSPS) is 14.5. The number of guanidine groups is 1. The Labute approximate surface area is 190 Å². The average molecular weight is 513 g/mol. The molecule has 0 amide bonds. The maximum absolute atomic E-state index is 5.38. The zero-order chi connectivity index (χ0) is 19.6. The number of hydrogen-bond donors (Lipinski definition) is 2. The molecule has 0 aliphatic heterocycles. The van der Waals surface area contributed by atoms with Crippen molar-refractivity contribution in [3.8, 4) is 17.1 Å². The fourth-order valence-electron chi connectivity index (χ4n) is 3.46. The third-order valence-corrected chi connectivity index (χ3v) is 5.10. The summed E-state index contributed by atoms with van der Waals surface area (Å²) in [4.78, 5) is 8.80. The van der Waals surface area contributed by atoms with Gasteiger partial charge in [-0.3, -0.25) is 4.99 Å². The van der Waals surface area contributed by atoms with E-state index in [2.05, 4.69) is 25.8 Å². The number of rotatable bonds is 9. The fraction of sp³-hybridized carbons (Fsp3) is 0.571. The monoisotopic (exact) mass is 513 g/mol. The van der Waals surface area contributed by atoms with Gasteiger partial charge in [0.2, 0.25) is 11.7 Å².